The lowest BCUT2D eigenvalue weighted by atomic mass is 9.79. The summed E-state index contributed by atoms with van der Waals surface area (Å²) in [5.74, 6) is 0.202. The van der Waals surface area contributed by atoms with Gasteiger partial charge in [-0.25, -0.2) is 9.78 Å². The van der Waals surface area contributed by atoms with Crippen molar-refractivity contribution in [3.05, 3.63) is 23.2 Å². The molecule has 6 rings (SSSR count). The number of ether oxygens (including phenoxy) is 2. The third-order valence-electron chi connectivity index (χ3n) is 8.79. The molecular weight excluding hydrogens is 610 g/mol. The molecule has 1 aliphatic heterocycles. The van der Waals surface area contributed by atoms with Crippen LogP contribution in [0.1, 0.15) is 71.3 Å². The van der Waals surface area contributed by atoms with E-state index in [9.17, 15) is 19.5 Å². The van der Waals surface area contributed by atoms with Gasteiger partial charge in [0.25, 0.3) is 5.91 Å². The van der Waals surface area contributed by atoms with Crippen LogP contribution in [0.2, 0.25) is 0 Å². The number of hydrogen-bond donors (Lipinski definition) is 3. The molecule has 248 valence electrons. The van der Waals surface area contributed by atoms with Gasteiger partial charge in [-0.2, -0.15) is 10.1 Å². The largest absolute Gasteiger partial charge is 0.471 e. The Morgan fingerprint density at radius 3 is 2.57 bits per heavy atom. The van der Waals surface area contributed by atoms with Crippen molar-refractivity contribution in [1.82, 2.24) is 35.3 Å². The first-order valence-electron chi connectivity index (χ1n) is 16.1. The maximum atomic E-state index is 13.9. The number of aryl methyl sites for hydroxylation is 2. The molecule has 3 aromatic heterocycles. The summed E-state index contributed by atoms with van der Waals surface area (Å²) in [4.78, 5) is 51.1. The third kappa shape index (κ3) is 7.12. The number of carbonyl (C=O) groups excluding carboxylic acids is 3. The van der Waals surface area contributed by atoms with Crippen molar-refractivity contribution in [3.63, 3.8) is 0 Å². The Kier molecular flexibility index (Phi) is 8.94. The predicted molar refractivity (Wildman–Crippen MR) is 171 cm³/mol. The molecule has 2 aliphatic carbocycles. The van der Waals surface area contributed by atoms with Crippen LogP contribution in [0.3, 0.4) is 0 Å². The van der Waals surface area contributed by atoms with Gasteiger partial charge in [0.1, 0.15) is 28.1 Å². The number of hydrogen-bond acceptors (Lipinski definition) is 10. The Labute approximate surface area is 272 Å². The van der Waals surface area contributed by atoms with Crippen molar-refractivity contribution >= 4 is 39.5 Å². The maximum Gasteiger partial charge on any atom is 0.411 e. The molecule has 3 aromatic rings. The first kappa shape index (κ1) is 32.2. The summed E-state index contributed by atoms with van der Waals surface area (Å²) in [6.07, 6.45) is 4.63. The maximum absolute atomic E-state index is 13.9. The minimum atomic E-state index is -1.39. The number of nitrogens with zero attached hydrogens (tertiary/aromatic N) is 5. The summed E-state index contributed by atoms with van der Waals surface area (Å²) in [7, 11) is 1.83. The van der Waals surface area contributed by atoms with Crippen LogP contribution in [-0.4, -0.2) is 90.1 Å². The lowest BCUT2D eigenvalue weighted by molar-refractivity contribution is -0.134. The Hall–Kier alpha value is -3.78. The average Bonchev–Trinajstić information content (AvgIpc) is 3.32. The van der Waals surface area contributed by atoms with Crippen LogP contribution in [0.15, 0.2) is 17.6 Å². The van der Waals surface area contributed by atoms with E-state index < -0.39 is 47.8 Å². The summed E-state index contributed by atoms with van der Waals surface area (Å²) in [6.45, 7) is 7.33. The van der Waals surface area contributed by atoms with E-state index in [1.807, 2.05) is 25.4 Å². The fourth-order valence-corrected chi connectivity index (χ4v) is 6.79. The third-order valence-corrected chi connectivity index (χ3v) is 9.68. The molecule has 0 radical (unpaired) electrons. The van der Waals surface area contributed by atoms with E-state index in [2.05, 4.69) is 15.7 Å². The van der Waals surface area contributed by atoms with E-state index in [0.717, 1.165) is 53.6 Å². The Morgan fingerprint density at radius 1 is 1.17 bits per heavy atom. The summed E-state index contributed by atoms with van der Waals surface area (Å²) in [6, 6.07) is 0.252. The van der Waals surface area contributed by atoms with E-state index >= 15 is 0 Å². The number of aliphatic hydroxyl groups is 1. The number of amides is 3. The Bertz CT molecular complexity index is 1590. The zero-order chi connectivity index (χ0) is 32.7. The molecule has 13 nitrogen and oxygen atoms in total. The quantitative estimate of drug-likeness (QED) is 0.298. The van der Waals surface area contributed by atoms with E-state index in [1.165, 1.54) is 16.2 Å². The van der Waals surface area contributed by atoms with E-state index in [4.69, 9.17) is 19.4 Å². The fraction of sp³-hybridized carbons (Fsp3) is 0.625. The van der Waals surface area contributed by atoms with Gasteiger partial charge in [-0.15, -0.1) is 11.3 Å². The SMILES string of the molecule is Cc1cnn(C)c1-c1nc(O[C@@H]2C[C@@H](C(=O)N[C@@H](CC3CCC3)C(O)C(=O)NC3CC3)N(C(=O)OC(C)(C)C)C2)c2sccc2n1. The van der Waals surface area contributed by atoms with Gasteiger partial charge in [-0.1, -0.05) is 19.3 Å². The van der Waals surface area contributed by atoms with Crippen molar-refractivity contribution in [1.29, 1.82) is 0 Å². The van der Waals surface area contributed by atoms with Gasteiger partial charge in [-0.3, -0.25) is 19.2 Å². The van der Waals surface area contributed by atoms with E-state index in [-0.39, 0.29) is 19.0 Å². The molecule has 3 N–H and O–H groups in total. The van der Waals surface area contributed by atoms with Crippen LogP contribution in [0.5, 0.6) is 5.88 Å². The van der Waals surface area contributed by atoms with Gasteiger partial charge >= 0.3 is 6.09 Å². The zero-order valence-corrected chi connectivity index (χ0v) is 27.8. The summed E-state index contributed by atoms with van der Waals surface area (Å²) in [5.41, 5.74) is 1.62. The predicted octanol–water partition coefficient (Wildman–Crippen LogP) is 3.47. The van der Waals surface area contributed by atoms with Crippen molar-refractivity contribution in [2.24, 2.45) is 13.0 Å². The fourth-order valence-electron chi connectivity index (χ4n) is 6.03. The minimum absolute atomic E-state index is 0.0801. The molecule has 2 saturated carbocycles. The first-order chi connectivity index (χ1) is 21.9. The number of rotatable bonds is 10. The average molecular weight is 654 g/mol. The molecule has 0 bridgehead atoms. The summed E-state index contributed by atoms with van der Waals surface area (Å²) >= 11 is 1.45. The highest BCUT2D eigenvalue weighted by atomic mass is 32.1. The number of aromatic nitrogens is 4. The number of likely N-dealkylation sites (tertiary alicyclic amines) is 1. The number of aliphatic hydroxyl groups excluding tert-OH is 1. The van der Waals surface area contributed by atoms with Crippen molar-refractivity contribution in [2.75, 3.05) is 6.54 Å². The highest BCUT2D eigenvalue weighted by Crippen LogP contribution is 2.35. The highest BCUT2D eigenvalue weighted by Gasteiger charge is 2.45. The van der Waals surface area contributed by atoms with Crippen LogP contribution in [0, 0.1) is 12.8 Å². The Morgan fingerprint density at radius 2 is 1.93 bits per heavy atom. The van der Waals surface area contributed by atoms with Gasteiger partial charge in [0, 0.05) is 19.5 Å². The van der Waals surface area contributed by atoms with Crippen LogP contribution in [0.25, 0.3) is 21.7 Å². The smallest absolute Gasteiger partial charge is 0.411 e. The number of fused-ring (bicyclic) bond motifs is 1. The zero-order valence-electron chi connectivity index (χ0n) is 27.0. The molecule has 4 atom stereocenters. The van der Waals surface area contributed by atoms with Crippen molar-refractivity contribution in [3.8, 4) is 17.4 Å². The van der Waals surface area contributed by atoms with Crippen molar-refractivity contribution < 1.29 is 29.0 Å². The number of carbonyl (C=O) groups is 3. The first-order valence-corrected chi connectivity index (χ1v) is 16.9. The molecule has 46 heavy (non-hydrogen) atoms. The van der Waals surface area contributed by atoms with E-state index in [0.29, 0.717) is 24.0 Å². The monoisotopic (exact) mass is 653 g/mol. The van der Waals surface area contributed by atoms with Crippen LogP contribution in [-0.2, 0) is 21.4 Å². The van der Waals surface area contributed by atoms with Crippen LogP contribution < -0.4 is 15.4 Å². The second-order valence-corrected chi connectivity index (χ2v) is 14.7. The second kappa shape index (κ2) is 12.8. The molecule has 1 unspecified atom stereocenters. The van der Waals surface area contributed by atoms with E-state index in [1.54, 1.807) is 31.6 Å². The number of nitrogens with one attached hydrogen (secondary N) is 2. The van der Waals surface area contributed by atoms with Crippen molar-refractivity contribution in [2.45, 2.75) is 109 Å². The molecule has 1 saturated heterocycles. The van der Waals surface area contributed by atoms with Gasteiger partial charge < -0.3 is 25.2 Å². The molecule has 3 amide bonds. The molecule has 0 aromatic carbocycles. The van der Waals surface area contributed by atoms with Crippen LogP contribution >= 0.6 is 11.3 Å². The second-order valence-electron chi connectivity index (χ2n) is 13.8. The topological polar surface area (TPSA) is 161 Å². The molecule has 4 heterocycles. The normalized spacial score (nSPS) is 21.5. The Balaban J connectivity index is 1.24. The molecule has 14 heteroatoms. The lowest BCUT2D eigenvalue weighted by Crippen LogP contribution is -2.56. The molecule has 3 fully saturated rings. The van der Waals surface area contributed by atoms with Crippen LogP contribution in [0.4, 0.5) is 4.79 Å². The van der Waals surface area contributed by atoms with Gasteiger partial charge in [0.15, 0.2) is 11.9 Å². The molecule has 3 aliphatic rings. The number of thiophene rings is 1. The lowest BCUT2D eigenvalue weighted by Gasteiger charge is -2.33. The molecule has 0 spiro atoms. The minimum Gasteiger partial charge on any atom is -0.471 e. The summed E-state index contributed by atoms with van der Waals surface area (Å²) in [5, 5.41) is 23.1. The van der Waals surface area contributed by atoms with Gasteiger partial charge in [-0.05, 0) is 69.9 Å². The highest BCUT2D eigenvalue weighted by molar-refractivity contribution is 7.17. The van der Waals surface area contributed by atoms with Gasteiger partial charge in [0.2, 0.25) is 11.8 Å². The van der Waals surface area contributed by atoms with Gasteiger partial charge in [0.05, 0.1) is 24.3 Å². The molecular formula is C32H43N7O6S. The standard InChI is InChI=1S/C32H43N7O6S/c1-17-15-33-38(5)24(17)27-35-21-11-12-46-26(21)30(37-27)44-20-14-23(39(16-20)31(43)45-32(2,3)4)28(41)36-22(13-18-7-6-8-18)25(40)29(42)34-19-9-10-19/h11-12,15,18-20,22-23,25,40H,6-10,13-14,16H2,1-5H3,(H,34,42)(H,36,41)/t20-,22+,23+,25?/m1/s1. The summed E-state index contributed by atoms with van der Waals surface area (Å²) < 4.78 is 14.6.